The van der Waals surface area contributed by atoms with Crippen molar-refractivity contribution in [1.82, 2.24) is 25.3 Å². The van der Waals surface area contributed by atoms with Crippen molar-refractivity contribution >= 4 is 28.3 Å². The predicted molar refractivity (Wildman–Crippen MR) is 71.2 cm³/mol. The molecule has 0 aromatic carbocycles. The maximum absolute atomic E-state index is 12.2. The van der Waals surface area contributed by atoms with Crippen molar-refractivity contribution in [1.29, 1.82) is 0 Å². The highest BCUT2D eigenvalue weighted by Gasteiger charge is 2.35. The smallest absolute Gasteiger partial charge is 0.276 e. The lowest BCUT2D eigenvalue weighted by Gasteiger charge is -2.22. The molecule has 104 valence electrons. The number of carbonyl (C=O) groups is 2. The molecule has 0 aliphatic carbocycles. The van der Waals surface area contributed by atoms with Crippen LogP contribution < -0.4 is 5.32 Å². The monoisotopic (exact) mass is 292 g/mol. The van der Waals surface area contributed by atoms with Crippen LogP contribution in [0.1, 0.15) is 23.3 Å². The second-order valence-electron chi connectivity index (χ2n) is 4.34. The summed E-state index contributed by atoms with van der Waals surface area (Å²) in [6.07, 6.45) is 4.41. The van der Waals surface area contributed by atoms with Gasteiger partial charge < -0.3 is 10.2 Å². The highest BCUT2D eigenvalue weighted by molar-refractivity contribution is 7.13. The van der Waals surface area contributed by atoms with Crippen LogP contribution in [0.25, 0.3) is 0 Å². The summed E-state index contributed by atoms with van der Waals surface area (Å²) in [6.45, 7) is 0.543. The Kier molecular flexibility index (Phi) is 3.42. The van der Waals surface area contributed by atoms with Gasteiger partial charge in [0.15, 0.2) is 10.8 Å². The zero-order valence-electron chi connectivity index (χ0n) is 10.4. The van der Waals surface area contributed by atoms with Gasteiger partial charge in [0.1, 0.15) is 6.04 Å². The summed E-state index contributed by atoms with van der Waals surface area (Å²) in [7, 11) is 0. The van der Waals surface area contributed by atoms with Crippen LogP contribution in [0, 0.1) is 0 Å². The summed E-state index contributed by atoms with van der Waals surface area (Å²) >= 11 is 1.34. The van der Waals surface area contributed by atoms with E-state index in [4.69, 9.17) is 0 Å². The molecular weight excluding hydrogens is 280 g/mol. The first-order valence-electron chi connectivity index (χ1n) is 6.13. The van der Waals surface area contributed by atoms with Crippen molar-refractivity contribution < 1.29 is 9.59 Å². The number of hydrogen-bond acceptors (Lipinski definition) is 6. The van der Waals surface area contributed by atoms with E-state index in [-0.39, 0.29) is 17.5 Å². The predicted octanol–water partition coefficient (Wildman–Crippen LogP) is 0.504. The number of likely N-dealkylation sites (tertiary alicyclic amines) is 1. The van der Waals surface area contributed by atoms with Crippen molar-refractivity contribution in [2.75, 3.05) is 11.9 Å². The molecule has 0 radical (unpaired) electrons. The first-order valence-corrected chi connectivity index (χ1v) is 7.01. The molecule has 9 heteroatoms. The Labute approximate surface area is 118 Å². The van der Waals surface area contributed by atoms with E-state index in [9.17, 15) is 9.59 Å². The molecule has 0 saturated carbocycles. The Hall–Kier alpha value is -2.29. The van der Waals surface area contributed by atoms with Crippen LogP contribution in [0.15, 0.2) is 17.8 Å². The number of hydrogen-bond donors (Lipinski definition) is 2. The number of amides is 2. The fourth-order valence-corrected chi connectivity index (χ4v) is 2.74. The van der Waals surface area contributed by atoms with E-state index in [0.29, 0.717) is 18.1 Å². The molecule has 1 aliphatic rings. The molecule has 0 spiro atoms. The third-order valence-corrected chi connectivity index (χ3v) is 3.80. The van der Waals surface area contributed by atoms with Gasteiger partial charge in [-0.05, 0) is 12.8 Å². The molecule has 1 aliphatic heterocycles. The Morgan fingerprint density at radius 2 is 2.40 bits per heavy atom. The summed E-state index contributed by atoms with van der Waals surface area (Å²) in [5.41, 5.74) is 0.221. The normalized spacial score (nSPS) is 18.2. The van der Waals surface area contributed by atoms with Crippen molar-refractivity contribution in [2.45, 2.75) is 18.9 Å². The third-order valence-electron chi connectivity index (χ3n) is 3.11. The average molecular weight is 292 g/mol. The lowest BCUT2D eigenvalue weighted by Crippen LogP contribution is -2.43. The van der Waals surface area contributed by atoms with Crippen LogP contribution >= 0.6 is 11.3 Å². The van der Waals surface area contributed by atoms with Gasteiger partial charge in [-0.3, -0.25) is 9.59 Å². The summed E-state index contributed by atoms with van der Waals surface area (Å²) in [4.78, 5) is 30.0. The number of rotatable bonds is 3. The Balaban J connectivity index is 1.72. The van der Waals surface area contributed by atoms with E-state index in [1.54, 1.807) is 11.6 Å². The van der Waals surface area contributed by atoms with Gasteiger partial charge >= 0.3 is 0 Å². The minimum Gasteiger partial charge on any atom is -0.325 e. The molecule has 0 bridgehead atoms. The van der Waals surface area contributed by atoms with Crippen LogP contribution in [-0.2, 0) is 4.79 Å². The number of aromatic nitrogens is 4. The highest BCUT2D eigenvalue weighted by Crippen LogP contribution is 2.21. The van der Waals surface area contributed by atoms with Gasteiger partial charge in [-0.1, -0.05) is 0 Å². The molecule has 1 saturated heterocycles. The van der Waals surface area contributed by atoms with Crippen LogP contribution in [-0.4, -0.2) is 49.7 Å². The van der Waals surface area contributed by atoms with E-state index >= 15 is 0 Å². The Morgan fingerprint density at radius 3 is 3.10 bits per heavy atom. The van der Waals surface area contributed by atoms with Crippen molar-refractivity contribution in [3.63, 3.8) is 0 Å². The van der Waals surface area contributed by atoms with E-state index in [0.717, 1.165) is 6.42 Å². The first-order chi connectivity index (χ1) is 9.75. The molecular formula is C11H12N6O2S. The molecule has 8 nitrogen and oxygen atoms in total. The zero-order chi connectivity index (χ0) is 13.9. The number of nitrogens with zero attached hydrogens (tertiary/aromatic N) is 4. The van der Waals surface area contributed by atoms with Crippen molar-refractivity contribution in [3.05, 3.63) is 23.5 Å². The molecule has 2 N–H and O–H groups in total. The lowest BCUT2D eigenvalue weighted by molar-refractivity contribution is -0.119. The number of H-pyrrole nitrogens is 1. The van der Waals surface area contributed by atoms with Gasteiger partial charge in [-0.15, -0.1) is 11.3 Å². The van der Waals surface area contributed by atoms with Gasteiger partial charge in [0, 0.05) is 18.1 Å². The molecule has 2 amide bonds. The van der Waals surface area contributed by atoms with Crippen LogP contribution in [0.4, 0.5) is 5.13 Å². The summed E-state index contributed by atoms with van der Waals surface area (Å²) in [6, 6.07) is -0.483. The number of carbonyl (C=O) groups excluding carboxylic acids is 2. The maximum Gasteiger partial charge on any atom is 0.276 e. The fourth-order valence-electron chi connectivity index (χ4n) is 2.21. The molecule has 3 heterocycles. The second-order valence-corrected chi connectivity index (χ2v) is 5.23. The number of aromatic amines is 1. The average Bonchev–Trinajstić information content (AvgIpc) is 3.19. The topological polar surface area (TPSA) is 104 Å². The number of nitrogens with one attached hydrogen (secondary N) is 2. The van der Waals surface area contributed by atoms with Crippen LogP contribution in [0.3, 0.4) is 0 Å². The van der Waals surface area contributed by atoms with Crippen LogP contribution in [0.2, 0.25) is 0 Å². The van der Waals surface area contributed by atoms with Gasteiger partial charge in [0.2, 0.25) is 5.91 Å². The standard InChI is InChI=1S/C11H12N6O2S/c18-9(14-11-12-3-5-20-11)8-2-1-4-17(8)10(19)7-6-13-16-15-7/h3,5-6,8H,1-2,4H2,(H,12,14,18)(H,13,15,16). The lowest BCUT2D eigenvalue weighted by atomic mass is 10.2. The zero-order valence-corrected chi connectivity index (χ0v) is 11.3. The summed E-state index contributed by atoms with van der Waals surface area (Å²) in [5, 5.41) is 14.8. The molecule has 1 fully saturated rings. The van der Waals surface area contributed by atoms with Gasteiger partial charge in [-0.25, -0.2) is 4.98 Å². The summed E-state index contributed by atoms with van der Waals surface area (Å²) < 4.78 is 0. The van der Waals surface area contributed by atoms with Crippen LogP contribution in [0.5, 0.6) is 0 Å². The minimum atomic E-state index is -0.483. The second kappa shape index (κ2) is 5.37. The van der Waals surface area contributed by atoms with E-state index in [1.165, 1.54) is 22.4 Å². The third kappa shape index (κ3) is 2.39. The van der Waals surface area contributed by atoms with E-state index in [2.05, 4.69) is 25.7 Å². The van der Waals surface area contributed by atoms with Gasteiger partial charge in [0.05, 0.1) is 6.20 Å². The number of anilines is 1. The molecule has 1 unspecified atom stereocenters. The molecule has 1 atom stereocenters. The Bertz CT molecular complexity index is 596. The summed E-state index contributed by atoms with van der Waals surface area (Å²) in [5.74, 6) is -0.496. The largest absolute Gasteiger partial charge is 0.325 e. The Morgan fingerprint density at radius 1 is 1.50 bits per heavy atom. The maximum atomic E-state index is 12.2. The van der Waals surface area contributed by atoms with Crippen molar-refractivity contribution in [2.24, 2.45) is 0 Å². The first kappa shape index (κ1) is 12.7. The fraction of sp³-hybridized carbons (Fsp3) is 0.364. The molecule has 2 aromatic rings. The quantitative estimate of drug-likeness (QED) is 0.857. The highest BCUT2D eigenvalue weighted by atomic mass is 32.1. The van der Waals surface area contributed by atoms with Crippen molar-refractivity contribution in [3.8, 4) is 0 Å². The molecule has 3 rings (SSSR count). The van der Waals surface area contributed by atoms with E-state index in [1.807, 2.05) is 0 Å². The number of thiazole rings is 1. The van der Waals surface area contributed by atoms with Gasteiger partial charge in [0.25, 0.3) is 5.91 Å². The van der Waals surface area contributed by atoms with Gasteiger partial charge in [-0.2, -0.15) is 15.4 Å². The molecule has 2 aromatic heterocycles. The molecule has 20 heavy (non-hydrogen) atoms. The van der Waals surface area contributed by atoms with E-state index < -0.39 is 6.04 Å². The minimum absolute atomic E-state index is 0.214. The SMILES string of the molecule is O=C(Nc1nccs1)C1CCCN1C(=O)c1cn[nH]n1.